The normalized spacial score (nSPS) is 24.2. The Balaban J connectivity index is 1.40. The Morgan fingerprint density at radius 3 is 2.61 bits per heavy atom. The van der Waals surface area contributed by atoms with E-state index < -0.39 is 45.5 Å². The number of benzene rings is 1. The number of nitrogens with zero attached hydrogens (tertiary/aromatic N) is 6. The minimum atomic E-state index is -4.94. The molecular weight excluding hydrogens is 633 g/mol. The molecule has 15 heteroatoms. The van der Waals surface area contributed by atoms with E-state index in [9.17, 15) is 17.6 Å². The topological polar surface area (TPSA) is 92.9 Å². The summed E-state index contributed by atoms with van der Waals surface area (Å²) in [4.78, 5) is 19.7. The zero-order valence-corrected chi connectivity index (χ0v) is 26.3. The number of pyridine rings is 1. The Morgan fingerprint density at radius 1 is 1.13 bits per heavy atom. The third-order valence-corrected chi connectivity index (χ3v) is 10.5. The van der Waals surface area contributed by atoms with Crippen molar-refractivity contribution >= 4 is 34.0 Å². The van der Waals surface area contributed by atoms with Gasteiger partial charge >= 0.3 is 12.2 Å². The molecule has 2 atom stereocenters. The van der Waals surface area contributed by atoms with Crippen molar-refractivity contribution in [2.45, 2.75) is 62.0 Å². The Bertz CT molecular complexity index is 1690. The van der Waals surface area contributed by atoms with E-state index in [1.807, 2.05) is 19.0 Å². The third kappa shape index (κ3) is 5.16. The molecule has 1 saturated carbocycles. The SMILES string of the molecule is CN(C)C1(CN2CCOc3nc(-c4cc(N)cc(Cl)c4C(F)(F)F)c(F)c4nc(OC[C@@]56CCCN5C[C@H](F)C6)nc2c34)CCC1. The summed E-state index contributed by atoms with van der Waals surface area (Å²) in [6.07, 6.45) is -1.02. The van der Waals surface area contributed by atoms with E-state index in [1.165, 1.54) is 0 Å². The number of nitrogens with two attached hydrogens (primary N) is 1. The Hall–Kier alpha value is -3.23. The minimum Gasteiger partial charge on any atom is -0.475 e. The molecule has 46 heavy (non-hydrogen) atoms. The molecule has 2 N–H and O–H groups in total. The van der Waals surface area contributed by atoms with Crippen molar-refractivity contribution < 1.29 is 31.4 Å². The quantitative estimate of drug-likeness (QED) is 0.251. The number of alkyl halides is 4. The standard InChI is InChI=1S/C31H35ClF5N7O2/c1-42(2)29(5-3-6-29)15-43-9-10-45-27-21-25(23(34)24(39-27)19-11-18(38)12-20(32)22(19)31(35,36)37)40-28(41-26(21)43)46-16-30-7-4-8-44(30)14-17(33)13-30/h11-12,17H,3-10,13-16,38H2,1-2H3/t17-,30+/m1/s1. The molecule has 3 aliphatic heterocycles. The smallest absolute Gasteiger partial charge is 0.418 e. The number of anilines is 2. The van der Waals surface area contributed by atoms with Crippen molar-refractivity contribution in [3.05, 3.63) is 28.5 Å². The summed E-state index contributed by atoms with van der Waals surface area (Å²) in [5.74, 6) is -0.914. The van der Waals surface area contributed by atoms with Crippen molar-refractivity contribution in [3.8, 4) is 23.1 Å². The number of fused-ring (bicyclic) bond motifs is 1. The van der Waals surface area contributed by atoms with Crippen LogP contribution in [0, 0.1) is 5.82 Å². The molecule has 0 amide bonds. The van der Waals surface area contributed by atoms with Gasteiger partial charge in [0, 0.05) is 36.3 Å². The highest BCUT2D eigenvalue weighted by molar-refractivity contribution is 6.32. The molecule has 0 unspecified atom stereocenters. The average Bonchev–Trinajstić information content (AvgIpc) is 3.41. The second-order valence-corrected chi connectivity index (χ2v) is 13.6. The molecule has 3 aromatic rings. The first-order valence-electron chi connectivity index (χ1n) is 15.5. The largest absolute Gasteiger partial charge is 0.475 e. The predicted molar refractivity (Wildman–Crippen MR) is 164 cm³/mol. The average molecular weight is 668 g/mol. The summed E-state index contributed by atoms with van der Waals surface area (Å²) in [7, 11) is 4.03. The fourth-order valence-corrected chi connectivity index (χ4v) is 7.96. The lowest BCUT2D eigenvalue weighted by Crippen LogP contribution is -2.57. The molecule has 1 aromatic carbocycles. The van der Waals surface area contributed by atoms with E-state index in [0.717, 1.165) is 50.8 Å². The zero-order chi connectivity index (χ0) is 32.6. The molecule has 248 valence electrons. The van der Waals surface area contributed by atoms with Crippen LogP contribution in [0.4, 0.5) is 33.5 Å². The second-order valence-electron chi connectivity index (χ2n) is 13.2. The van der Waals surface area contributed by atoms with Crippen LogP contribution in [0.5, 0.6) is 11.9 Å². The van der Waals surface area contributed by atoms with E-state index in [1.54, 1.807) is 0 Å². The van der Waals surface area contributed by atoms with E-state index >= 15 is 4.39 Å². The van der Waals surface area contributed by atoms with Crippen LogP contribution >= 0.6 is 11.6 Å². The van der Waals surface area contributed by atoms with Crippen LogP contribution < -0.4 is 20.1 Å². The first-order chi connectivity index (χ1) is 21.8. The van der Waals surface area contributed by atoms with Gasteiger partial charge in [-0.05, 0) is 64.9 Å². The van der Waals surface area contributed by atoms with Crippen molar-refractivity contribution in [2.24, 2.45) is 0 Å². The molecule has 2 saturated heterocycles. The van der Waals surface area contributed by atoms with E-state index in [4.69, 9.17) is 31.8 Å². The van der Waals surface area contributed by atoms with E-state index in [-0.39, 0.29) is 47.2 Å². The monoisotopic (exact) mass is 667 g/mol. The molecule has 3 fully saturated rings. The number of aromatic nitrogens is 3. The van der Waals surface area contributed by atoms with Crippen molar-refractivity contribution in [2.75, 3.05) is 64.1 Å². The summed E-state index contributed by atoms with van der Waals surface area (Å²) >= 11 is 6.02. The molecule has 1 aliphatic carbocycles. The fraction of sp³-hybridized carbons (Fsp3) is 0.581. The predicted octanol–water partition coefficient (Wildman–Crippen LogP) is 5.72. The van der Waals surface area contributed by atoms with Gasteiger partial charge in [-0.15, -0.1) is 0 Å². The van der Waals surface area contributed by atoms with Crippen LogP contribution in [-0.4, -0.2) is 95.5 Å². The molecule has 2 aromatic heterocycles. The van der Waals surface area contributed by atoms with Crippen LogP contribution in [0.25, 0.3) is 22.2 Å². The Morgan fingerprint density at radius 2 is 1.91 bits per heavy atom. The van der Waals surface area contributed by atoms with Crippen LogP contribution in [0.2, 0.25) is 5.02 Å². The van der Waals surface area contributed by atoms with Crippen molar-refractivity contribution in [1.82, 2.24) is 24.8 Å². The molecular formula is C31H35ClF5N7O2. The minimum absolute atomic E-state index is 0.0893. The van der Waals surface area contributed by atoms with Crippen molar-refractivity contribution in [3.63, 3.8) is 0 Å². The van der Waals surface area contributed by atoms with Crippen molar-refractivity contribution in [1.29, 1.82) is 0 Å². The number of ether oxygens (including phenoxy) is 2. The van der Waals surface area contributed by atoms with Crippen LogP contribution in [0.3, 0.4) is 0 Å². The summed E-state index contributed by atoms with van der Waals surface area (Å²) in [6, 6.07) is 1.79. The van der Waals surface area contributed by atoms with Gasteiger partial charge in [0.25, 0.3) is 0 Å². The van der Waals surface area contributed by atoms with Gasteiger partial charge in [0.2, 0.25) is 5.88 Å². The third-order valence-electron chi connectivity index (χ3n) is 10.2. The van der Waals surface area contributed by atoms with Gasteiger partial charge in [-0.3, -0.25) is 4.90 Å². The number of hydrogen-bond donors (Lipinski definition) is 1. The Labute approximate surface area is 267 Å². The van der Waals surface area contributed by atoms with Crippen LogP contribution in [0.15, 0.2) is 12.1 Å². The van der Waals surface area contributed by atoms with Gasteiger partial charge in [-0.2, -0.15) is 23.1 Å². The van der Waals surface area contributed by atoms with Crippen LogP contribution in [0.1, 0.15) is 44.1 Å². The molecule has 0 radical (unpaired) electrons. The number of halogens is 6. The molecule has 4 aliphatic rings. The van der Waals surface area contributed by atoms with Gasteiger partial charge in [-0.1, -0.05) is 11.6 Å². The van der Waals surface area contributed by atoms with Gasteiger partial charge in [-0.25, -0.2) is 13.8 Å². The number of nitrogen functional groups attached to an aromatic ring is 1. The van der Waals surface area contributed by atoms with Gasteiger partial charge in [0.15, 0.2) is 5.82 Å². The first kappa shape index (κ1) is 31.4. The maximum atomic E-state index is 16.7. The molecule has 9 nitrogen and oxygen atoms in total. The fourth-order valence-electron chi connectivity index (χ4n) is 7.63. The second kappa shape index (κ2) is 11.2. The highest BCUT2D eigenvalue weighted by atomic mass is 35.5. The van der Waals surface area contributed by atoms with Gasteiger partial charge < -0.3 is 25.0 Å². The number of rotatable bonds is 7. The maximum Gasteiger partial charge on any atom is 0.418 e. The van der Waals surface area contributed by atoms with E-state index in [0.29, 0.717) is 31.9 Å². The lowest BCUT2D eigenvalue weighted by atomic mass is 9.75. The lowest BCUT2D eigenvalue weighted by Gasteiger charge is -2.49. The maximum absolute atomic E-state index is 16.7. The van der Waals surface area contributed by atoms with Crippen LogP contribution in [-0.2, 0) is 6.18 Å². The molecule has 5 heterocycles. The highest BCUT2D eigenvalue weighted by Gasteiger charge is 2.50. The summed E-state index contributed by atoms with van der Waals surface area (Å²) in [6.45, 7) is 2.18. The molecule has 0 spiro atoms. The van der Waals surface area contributed by atoms with Gasteiger partial charge in [0.05, 0.1) is 22.7 Å². The number of likely N-dealkylation sites (N-methyl/N-ethyl adjacent to an activating group) is 1. The first-order valence-corrected chi connectivity index (χ1v) is 15.8. The molecule has 0 bridgehead atoms. The Kier molecular flexibility index (Phi) is 7.63. The molecule has 7 rings (SSSR count). The number of hydrogen-bond acceptors (Lipinski definition) is 9. The summed E-state index contributed by atoms with van der Waals surface area (Å²) in [5, 5.41) is -0.556. The summed E-state index contributed by atoms with van der Waals surface area (Å²) < 4.78 is 86.1. The lowest BCUT2D eigenvalue weighted by molar-refractivity contribution is -0.137. The van der Waals surface area contributed by atoms with Gasteiger partial charge in [0.1, 0.15) is 41.8 Å². The zero-order valence-electron chi connectivity index (χ0n) is 25.6. The summed E-state index contributed by atoms with van der Waals surface area (Å²) in [5.41, 5.74) is 2.22. The highest BCUT2D eigenvalue weighted by Crippen LogP contribution is 2.47. The van der Waals surface area contributed by atoms with E-state index in [2.05, 4.69) is 19.8 Å².